The number of aromatic nitrogens is 1. The van der Waals surface area contributed by atoms with Gasteiger partial charge >= 0.3 is 0 Å². The van der Waals surface area contributed by atoms with Gasteiger partial charge in [-0.25, -0.2) is 0 Å². The third-order valence-corrected chi connectivity index (χ3v) is 5.89. The lowest BCUT2D eigenvalue weighted by atomic mass is 9.78. The Morgan fingerprint density at radius 3 is 2.75 bits per heavy atom. The second kappa shape index (κ2) is 5.60. The summed E-state index contributed by atoms with van der Waals surface area (Å²) < 4.78 is 5.13. The zero-order valence-electron chi connectivity index (χ0n) is 14.5. The second-order valence-electron chi connectivity index (χ2n) is 7.75. The van der Waals surface area contributed by atoms with E-state index in [2.05, 4.69) is 10.1 Å². The molecular weight excluding hydrogens is 306 g/mol. The molecule has 3 heterocycles. The summed E-state index contributed by atoms with van der Waals surface area (Å²) >= 11 is 0. The average Bonchev–Trinajstić information content (AvgIpc) is 3.17. The van der Waals surface area contributed by atoms with Gasteiger partial charge in [-0.3, -0.25) is 9.59 Å². The van der Waals surface area contributed by atoms with Crippen molar-refractivity contribution in [3.05, 3.63) is 17.0 Å². The molecule has 1 aromatic heterocycles. The summed E-state index contributed by atoms with van der Waals surface area (Å²) in [5, 5.41) is 3.88. The Morgan fingerprint density at radius 2 is 2.08 bits per heavy atom. The average molecular weight is 331 g/mol. The molecule has 130 valence electrons. The van der Waals surface area contributed by atoms with Gasteiger partial charge in [-0.15, -0.1) is 0 Å². The van der Waals surface area contributed by atoms with E-state index in [0.29, 0.717) is 36.0 Å². The van der Waals surface area contributed by atoms with Gasteiger partial charge < -0.3 is 14.3 Å². The van der Waals surface area contributed by atoms with Gasteiger partial charge in [0, 0.05) is 26.2 Å². The molecule has 24 heavy (non-hydrogen) atoms. The third-order valence-electron chi connectivity index (χ3n) is 5.89. The quantitative estimate of drug-likeness (QED) is 0.851. The molecule has 4 rings (SSSR count). The molecule has 6 nitrogen and oxygen atoms in total. The molecule has 1 atom stereocenters. The van der Waals surface area contributed by atoms with Crippen LogP contribution in [0.15, 0.2) is 4.52 Å². The monoisotopic (exact) mass is 331 g/mol. The van der Waals surface area contributed by atoms with Crippen molar-refractivity contribution in [2.75, 3.05) is 26.2 Å². The lowest BCUT2D eigenvalue weighted by molar-refractivity contribution is -0.145. The zero-order valence-corrected chi connectivity index (χ0v) is 14.5. The Labute approximate surface area is 142 Å². The lowest BCUT2D eigenvalue weighted by Crippen LogP contribution is -2.51. The van der Waals surface area contributed by atoms with Gasteiger partial charge in [0.2, 0.25) is 5.91 Å². The summed E-state index contributed by atoms with van der Waals surface area (Å²) in [7, 11) is 0. The van der Waals surface area contributed by atoms with Crippen LogP contribution in [0.1, 0.15) is 53.9 Å². The molecule has 6 heteroatoms. The van der Waals surface area contributed by atoms with Crippen LogP contribution in [0.2, 0.25) is 0 Å². The molecule has 1 spiro atoms. The van der Waals surface area contributed by atoms with Crippen molar-refractivity contribution in [1.82, 2.24) is 15.0 Å². The Morgan fingerprint density at radius 1 is 1.29 bits per heavy atom. The van der Waals surface area contributed by atoms with Crippen LogP contribution in [0, 0.1) is 25.2 Å². The third kappa shape index (κ3) is 2.52. The van der Waals surface area contributed by atoms with Crippen molar-refractivity contribution in [2.24, 2.45) is 11.3 Å². The van der Waals surface area contributed by atoms with Crippen molar-refractivity contribution in [3.8, 4) is 0 Å². The van der Waals surface area contributed by atoms with Crippen molar-refractivity contribution >= 4 is 11.8 Å². The first-order chi connectivity index (χ1) is 11.5. The van der Waals surface area contributed by atoms with Crippen LogP contribution < -0.4 is 0 Å². The highest BCUT2D eigenvalue weighted by Gasteiger charge is 2.50. The zero-order chi connectivity index (χ0) is 16.9. The number of hydrogen-bond donors (Lipinski definition) is 0. The predicted molar refractivity (Wildman–Crippen MR) is 87.5 cm³/mol. The maximum absolute atomic E-state index is 13.1. The van der Waals surface area contributed by atoms with Crippen LogP contribution >= 0.6 is 0 Å². The summed E-state index contributed by atoms with van der Waals surface area (Å²) in [6.45, 7) is 6.54. The number of carbonyl (C=O) groups is 2. The van der Waals surface area contributed by atoms with Crippen LogP contribution in [-0.4, -0.2) is 52.9 Å². The summed E-state index contributed by atoms with van der Waals surface area (Å²) in [6, 6.07) is 0. The van der Waals surface area contributed by atoms with E-state index >= 15 is 0 Å². The topological polar surface area (TPSA) is 66.7 Å². The van der Waals surface area contributed by atoms with E-state index < -0.39 is 0 Å². The molecule has 2 amide bonds. The van der Waals surface area contributed by atoms with Crippen LogP contribution in [0.25, 0.3) is 0 Å². The first-order valence-corrected chi connectivity index (χ1v) is 9.02. The van der Waals surface area contributed by atoms with Crippen LogP contribution in [0.3, 0.4) is 0 Å². The normalized spacial score (nSPS) is 27.3. The van der Waals surface area contributed by atoms with Gasteiger partial charge in [0.25, 0.3) is 5.91 Å². The number of aryl methyl sites for hydroxylation is 2. The highest BCUT2D eigenvalue weighted by molar-refractivity contribution is 5.97. The Bertz CT molecular complexity index is 660. The smallest absolute Gasteiger partial charge is 0.259 e. The van der Waals surface area contributed by atoms with E-state index in [9.17, 15) is 9.59 Å². The van der Waals surface area contributed by atoms with Gasteiger partial charge in [-0.05, 0) is 51.9 Å². The first-order valence-electron chi connectivity index (χ1n) is 9.02. The number of amides is 2. The van der Waals surface area contributed by atoms with Crippen molar-refractivity contribution in [1.29, 1.82) is 0 Å². The van der Waals surface area contributed by atoms with E-state index in [1.807, 2.05) is 4.90 Å². The van der Waals surface area contributed by atoms with E-state index in [4.69, 9.17) is 4.52 Å². The molecule has 1 aliphatic carbocycles. The summed E-state index contributed by atoms with van der Waals surface area (Å²) in [5.41, 5.74) is 0.829. The SMILES string of the molecule is Cc1noc(C)c1C(=O)N1CCC2(CCCN(CC3CC3)C2=O)C1. The number of rotatable bonds is 3. The van der Waals surface area contributed by atoms with Crippen molar-refractivity contribution in [3.63, 3.8) is 0 Å². The molecule has 1 unspecified atom stereocenters. The minimum Gasteiger partial charge on any atom is -0.361 e. The van der Waals surface area contributed by atoms with E-state index in [1.54, 1.807) is 13.8 Å². The van der Waals surface area contributed by atoms with Gasteiger partial charge in [-0.1, -0.05) is 5.16 Å². The lowest BCUT2D eigenvalue weighted by Gasteiger charge is -2.39. The molecule has 2 saturated heterocycles. The second-order valence-corrected chi connectivity index (χ2v) is 7.75. The minimum absolute atomic E-state index is 0.0461. The van der Waals surface area contributed by atoms with Crippen molar-refractivity contribution < 1.29 is 14.1 Å². The Hall–Kier alpha value is -1.85. The van der Waals surface area contributed by atoms with Crippen molar-refractivity contribution in [2.45, 2.75) is 46.0 Å². The molecule has 1 aromatic rings. The fourth-order valence-electron chi connectivity index (χ4n) is 4.31. The maximum Gasteiger partial charge on any atom is 0.259 e. The largest absolute Gasteiger partial charge is 0.361 e. The number of likely N-dealkylation sites (tertiary alicyclic amines) is 2. The molecule has 0 bridgehead atoms. The van der Waals surface area contributed by atoms with Crippen LogP contribution in [-0.2, 0) is 4.79 Å². The molecule has 0 radical (unpaired) electrons. The molecule has 0 aromatic carbocycles. The summed E-state index contributed by atoms with van der Waals surface area (Å²) in [6.07, 6.45) is 5.24. The summed E-state index contributed by atoms with van der Waals surface area (Å²) in [4.78, 5) is 29.8. The standard InChI is InChI=1S/C18H25N3O3/c1-12-15(13(2)24-19-12)16(22)21-9-7-18(11-21)6-3-8-20(17(18)23)10-14-4-5-14/h14H,3-11H2,1-2H3. The fraction of sp³-hybridized carbons (Fsp3) is 0.722. The van der Waals surface area contributed by atoms with Crippen LogP contribution in [0.4, 0.5) is 0 Å². The maximum atomic E-state index is 13.1. The van der Waals surface area contributed by atoms with Gasteiger partial charge in [-0.2, -0.15) is 0 Å². The number of carbonyl (C=O) groups excluding carboxylic acids is 2. The number of nitrogens with zero attached hydrogens (tertiary/aromatic N) is 3. The molecular formula is C18H25N3O3. The predicted octanol–water partition coefficient (Wildman–Crippen LogP) is 2.16. The van der Waals surface area contributed by atoms with Crippen LogP contribution in [0.5, 0.6) is 0 Å². The number of piperidine rings is 1. The molecule has 1 saturated carbocycles. The van der Waals surface area contributed by atoms with E-state index in [-0.39, 0.29) is 17.2 Å². The minimum atomic E-state index is -0.359. The molecule has 0 N–H and O–H groups in total. The molecule has 3 fully saturated rings. The molecule has 2 aliphatic heterocycles. The van der Waals surface area contributed by atoms with E-state index in [1.165, 1.54) is 12.8 Å². The van der Waals surface area contributed by atoms with Gasteiger partial charge in [0.1, 0.15) is 11.3 Å². The van der Waals surface area contributed by atoms with E-state index in [0.717, 1.165) is 32.4 Å². The Balaban J connectivity index is 1.50. The van der Waals surface area contributed by atoms with Gasteiger partial charge in [0.15, 0.2) is 0 Å². The Kier molecular flexibility index (Phi) is 3.66. The highest BCUT2D eigenvalue weighted by atomic mass is 16.5. The molecule has 3 aliphatic rings. The number of hydrogen-bond acceptors (Lipinski definition) is 4. The highest BCUT2D eigenvalue weighted by Crippen LogP contribution is 2.42. The summed E-state index contributed by atoms with van der Waals surface area (Å²) in [5.74, 6) is 1.50. The van der Waals surface area contributed by atoms with Gasteiger partial charge in [0.05, 0.1) is 11.1 Å². The fourth-order valence-corrected chi connectivity index (χ4v) is 4.31. The first kappa shape index (κ1) is 15.7.